The van der Waals surface area contributed by atoms with Gasteiger partial charge in [0.25, 0.3) is 0 Å². The molecule has 0 spiro atoms. The minimum Gasteiger partial charge on any atom is -0.480 e. The number of amides is 1. The van der Waals surface area contributed by atoms with Gasteiger partial charge in [-0.1, -0.05) is 0 Å². The molecule has 140 valence electrons. The summed E-state index contributed by atoms with van der Waals surface area (Å²) in [6.45, 7) is 5.47. The molecule has 7 heteroatoms. The minimum atomic E-state index is -0.775. The van der Waals surface area contributed by atoms with Gasteiger partial charge in [0.05, 0.1) is 13.1 Å². The molecule has 0 aromatic heterocycles. The number of aliphatic carboxylic acids is 1. The Morgan fingerprint density at radius 2 is 1.83 bits per heavy atom. The quantitative estimate of drug-likeness (QED) is 0.807. The van der Waals surface area contributed by atoms with Gasteiger partial charge in [-0.3, -0.25) is 19.4 Å². The fraction of sp³-hybridized carbons (Fsp3) is 0.882. The smallest absolute Gasteiger partial charge is 0.317 e. The fourth-order valence-corrected chi connectivity index (χ4v) is 3.83. The first-order valence-electron chi connectivity index (χ1n) is 8.91. The van der Waals surface area contributed by atoms with E-state index in [1.165, 1.54) is 6.42 Å². The third-order valence-corrected chi connectivity index (χ3v) is 5.28. The van der Waals surface area contributed by atoms with Crippen LogP contribution in [0.25, 0.3) is 0 Å². The number of carbonyl (C=O) groups is 2. The zero-order valence-electron chi connectivity index (χ0n) is 14.9. The second-order valence-corrected chi connectivity index (χ2v) is 7.10. The summed E-state index contributed by atoms with van der Waals surface area (Å²) in [5, 5.41) is 8.92. The average Bonchev–Trinajstić information content (AvgIpc) is 2.72. The molecule has 2 fully saturated rings. The molecular formula is C17H32ClN3O3. The molecule has 0 aliphatic carbocycles. The number of piperidine rings is 1. The Labute approximate surface area is 151 Å². The van der Waals surface area contributed by atoms with Crippen molar-refractivity contribution in [3.05, 3.63) is 0 Å². The summed E-state index contributed by atoms with van der Waals surface area (Å²) in [7, 11) is 1.88. The van der Waals surface area contributed by atoms with E-state index >= 15 is 0 Å². The van der Waals surface area contributed by atoms with Crippen LogP contribution >= 0.6 is 12.4 Å². The third-order valence-electron chi connectivity index (χ3n) is 5.28. The molecule has 24 heavy (non-hydrogen) atoms. The van der Waals surface area contributed by atoms with Gasteiger partial charge < -0.3 is 10.0 Å². The van der Waals surface area contributed by atoms with Crippen molar-refractivity contribution in [2.24, 2.45) is 0 Å². The van der Waals surface area contributed by atoms with Gasteiger partial charge in [-0.2, -0.15) is 0 Å². The van der Waals surface area contributed by atoms with Crippen molar-refractivity contribution in [3.63, 3.8) is 0 Å². The number of hydrogen-bond acceptors (Lipinski definition) is 4. The van der Waals surface area contributed by atoms with E-state index in [-0.39, 0.29) is 24.9 Å². The van der Waals surface area contributed by atoms with Gasteiger partial charge in [-0.25, -0.2) is 0 Å². The summed E-state index contributed by atoms with van der Waals surface area (Å²) < 4.78 is 0. The van der Waals surface area contributed by atoms with E-state index in [1.54, 1.807) is 0 Å². The number of carboxylic acids is 1. The van der Waals surface area contributed by atoms with Crippen LogP contribution in [-0.4, -0.2) is 83.5 Å². The van der Waals surface area contributed by atoms with E-state index < -0.39 is 5.97 Å². The summed E-state index contributed by atoms with van der Waals surface area (Å²) in [5.41, 5.74) is 0. The molecule has 1 N–H and O–H groups in total. The lowest BCUT2D eigenvalue weighted by molar-refractivity contribution is -0.138. The number of carboxylic acid groups (broad SMARTS) is 1. The van der Waals surface area contributed by atoms with E-state index in [0.29, 0.717) is 18.6 Å². The van der Waals surface area contributed by atoms with Crippen molar-refractivity contribution in [1.29, 1.82) is 0 Å². The molecule has 2 aliphatic heterocycles. The van der Waals surface area contributed by atoms with Crippen LogP contribution in [0.4, 0.5) is 0 Å². The Morgan fingerprint density at radius 3 is 2.50 bits per heavy atom. The molecule has 6 nitrogen and oxygen atoms in total. The number of likely N-dealkylation sites (N-methyl/N-ethyl adjacent to an activating group) is 1. The number of likely N-dealkylation sites (tertiary alicyclic amines) is 2. The highest BCUT2D eigenvalue weighted by atomic mass is 35.5. The second kappa shape index (κ2) is 10.2. The van der Waals surface area contributed by atoms with Gasteiger partial charge >= 0.3 is 5.97 Å². The maximum absolute atomic E-state index is 12.5. The molecule has 1 amide bonds. The summed E-state index contributed by atoms with van der Waals surface area (Å²) in [6, 6.07) is 0.679. The van der Waals surface area contributed by atoms with Crippen molar-refractivity contribution < 1.29 is 14.7 Å². The number of nitrogens with zero attached hydrogens (tertiary/aromatic N) is 3. The molecular weight excluding hydrogens is 330 g/mol. The Kier molecular flexibility index (Phi) is 9.02. The monoisotopic (exact) mass is 361 g/mol. The van der Waals surface area contributed by atoms with Gasteiger partial charge in [0.2, 0.25) is 5.91 Å². The first-order chi connectivity index (χ1) is 11.0. The molecule has 2 heterocycles. The van der Waals surface area contributed by atoms with E-state index in [0.717, 1.165) is 51.7 Å². The molecule has 2 unspecified atom stereocenters. The van der Waals surface area contributed by atoms with Crippen molar-refractivity contribution in [1.82, 2.24) is 14.7 Å². The van der Waals surface area contributed by atoms with E-state index in [4.69, 9.17) is 5.11 Å². The van der Waals surface area contributed by atoms with Crippen LogP contribution in [0.15, 0.2) is 0 Å². The second-order valence-electron chi connectivity index (χ2n) is 7.10. The molecule has 2 saturated heterocycles. The first kappa shape index (κ1) is 21.2. The molecule has 0 bridgehead atoms. The lowest BCUT2D eigenvalue weighted by Gasteiger charge is -2.35. The lowest BCUT2D eigenvalue weighted by Crippen LogP contribution is -2.47. The normalized spacial score (nSPS) is 25.9. The Balaban J connectivity index is 0.00000288. The zero-order valence-corrected chi connectivity index (χ0v) is 15.8. The van der Waals surface area contributed by atoms with E-state index in [2.05, 4.69) is 11.8 Å². The topological polar surface area (TPSA) is 64.1 Å². The highest BCUT2D eigenvalue weighted by molar-refractivity contribution is 5.85. The van der Waals surface area contributed by atoms with Gasteiger partial charge in [0.15, 0.2) is 0 Å². The average molecular weight is 362 g/mol. The lowest BCUT2D eigenvalue weighted by atomic mass is 10.0. The highest BCUT2D eigenvalue weighted by Gasteiger charge is 2.27. The maximum Gasteiger partial charge on any atom is 0.317 e. The Hall–Kier alpha value is -0.850. The minimum absolute atomic E-state index is 0. The third kappa shape index (κ3) is 6.22. The SMILES string of the molecule is CC1CCCCN1C(=O)CN1CCCC(N(C)CC(=O)O)CC1.Cl. The van der Waals surface area contributed by atoms with Crippen molar-refractivity contribution in [3.8, 4) is 0 Å². The number of hydrogen-bond donors (Lipinski definition) is 1. The highest BCUT2D eigenvalue weighted by Crippen LogP contribution is 2.19. The van der Waals surface area contributed by atoms with Crippen molar-refractivity contribution in [2.45, 2.75) is 57.5 Å². The Morgan fingerprint density at radius 1 is 1.08 bits per heavy atom. The molecule has 2 rings (SSSR count). The van der Waals surface area contributed by atoms with Gasteiger partial charge in [0, 0.05) is 25.2 Å². The van der Waals surface area contributed by atoms with Gasteiger partial charge in [-0.05, 0) is 59.0 Å². The largest absolute Gasteiger partial charge is 0.480 e. The number of halogens is 1. The molecule has 0 saturated carbocycles. The molecule has 0 aromatic rings. The first-order valence-corrected chi connectivity index (χ1v) is 8.91. The predicted octanol–water partition coefficient (Wildman–Crippen LogP) is 1.68. The maximum atomic E-state index is 12.5. The molecule has 2 aliphatic rings. The van der Waals surface area contributed by atoms with E-state index in [1.807, 2.05) is 16.8 Å². The van der Waals surface area contributed by atoms with Crippen LogP contribution < -0.4 is 0 Å². The molecule has 0 radical (unpaired) electrons. The molecule has 0 aromatic carbocycles. The predicted molar refractivity (Wildman–Crippen MR) is 96.6 cm³/mol. The number of carbonyl (C=O) groups excluding carboxylic acids is 1. The number of rotatable bonds is 5. The standard InChI is InChI=1S/C17H31N3O3.ClH/c1-14-6-3-4-10-20(14)16(21)12-19-9-5-7-15(8-11-19)18(2)13-17(22)23;/h14-15H,3-13H2,1-2H3,(H,22,23);1H. The fourth-order valence-electron chi connectivity index (χ4n) is 3.83. The van der Waals surface area contributed by atoms with Crippen molar-refractivity contribution >= 4 is 24.3 Å². The zero-order chi connectivity index (χ0) is 16.8. The van der Waals surface area contributed by atoms with Crippen LogP contribution in [0.1, 0.15) is 45.4 Å². The summed E-state index contributed by atoms with van der Waals surface area (Å²) in [5.74, 6) is -0.516. The van der Waals surface area contributed by atoms with Crippen LogP contribution in [0.5, 0.6) is 0 Å². The Bertz CT molecular complexity index is 422. The van der Waals surface area contributed by atoms with Crippen LogP contribution in [0.3, 0.4) is 0 Å². The van der Waals surface area contributed by atoms with Crippen LogP contribution in [0.2, 0.25) is 0 Å². The van der Waals surface area contributed by atoms with E-state index in [9.17, 15) is 9.59 Å². The van der Waals surface area contributed by atoms with Crippen LogP contribution in [-0.2, 0) is 9.59 Å². The summed E-state index contributed by atoms with van der Waals surface area (Å²) >= 11 is 0. The summed E-state index contributed by atoms with van der Waals surface area (Å²) in [6.07, 6.45) is 6.44. The van der Waals surface area contributed by atoms with Gasteiger partial charge in [-0.15, -0.1) is 12.4 Å². The summed E-state index contributed by atoms with van der Waals surface area (Å²) in [4.78, 5) is 29.6. The molecule has 2 atom stereocenters. The van der Waals surface area contributed by atoms with Crippen LogP contribution in [0, 0.1) is 0 Å². The van der Waals surface area contributed by atoms with Gasteiger partial charge in [0.1, 0.15) is 0 Å². The van der Waals surface area contributed by atoms with Crippen molar-refractivity contribution in [2.75, 3.05) is 39.8 Å².